The van der Waals surface area contributed by atoms with Gasteiger partial charge in [0.05, 0.1) is 12.5 Å². The minimum Gasteiger partial charge on any atom is -0.492 e. The highest BCUT2D eigenvalue weighted by atomic mass is 32.2. The van der Waals surface area contributed by atoms with Crippen LogP contribution in [0.15, 0.2) is 83.8 Å². The summed E-state index contributed by atoms with van der Waals surface area (Å²) in [5.74, 6) is -0.547. The zero-order chi connectivity index (χ0) is 22.4. The fourth-order valence-corrected chi connectivity index (χ4v) is 4.31. The van der Waals surface area contributed by atoms with E-state index in [9.17, 15) is 13.2 Å². The summed E-state index contributed by atoms with van der Waals surface area (Å²) in [6.45, 7) is 2.11. The van der Waals surface area contributed by atoms with E-state index in [2.05, 4.69) is 5.32 Å². The van der Waals surface area contributed by atoms with Gasteiger partial charge < -0.3 is 10.1 Å². The Kier molecular flexibility index (Phi) is 7.09. The van der Waals surface area contributed by atoms with Crippen molar-refractivity contribution in [2.24, 2.45) is 0 Å². The maximum atomic E-state index is 13.3. The van der Waals surface area contributed by atoms with E-state index in [0.29, 0.717) is 12.3 Å². The first-order valence-electron chi connectivity index (χ1n) is 9.94. The monoisotopic (exact) mass is 438 g/mol. The molecule has 0 saturated heterocycles. The Bertz CT molecular complexity index is 1090. The molecule has 0 aliphatic rings. The molecule has 0 unspecified atom stereocenters. The van der Waals surface area contributed by atoms with Gasteiger partial charge in [0.15, 0.2) is 0 Å². The first-order valence-corrected chi connectivity index (χ1v) is 11.4. The fraction of sp³-hybridized carbons (Fsp3) is 0.208. The van der Waals surface area contributed by atoms with Crippen molar-refractivity contribution >= 4 is 21.6 Å². The van der Waals surface area contributed by atoms with E-state index in [1.807, 2.05) is 60.7 Å². The lowest BCUT2D eigenvalue weighted by molar-refractivity contribution is -0.116. The Balaban J connectivity index is 1.99. The number of amides is 1. The van der Waals surface area contributed by atoms with Crippen LogP contribution in [0.2, 0.25) is 0 Å². The van der Waals surface area contributed by atoms with Crippen molar-refractivity contribution in [3.8, 4) is 5.75 Å². The lowest BCUT2D eigenvalue weighted by Gasteiger charge is -2.20. The summed E-state index contributed by atoms with van der Waals surface area (Å²) in [5, 5.41) is 2.88. The van der Waals surface area contributed by atoms with E-state index in [-0.39, 0.29) is 16.6 Å². The standard InChI is InChI=1S/C24H26N2O4S/c1-4-30-21-16-15-20(17-22(21)31(28,29)26(2)3)25-24(27)23(18-11-7-5-8-12-18)19-13-9-6-10-14-19/h5-17,23H,4H2,1-3H3,(H,25,27). The third-order valence-corrected chi connectivity index (χ3v) is 6.63. The average Bonchev–Trinajstić information content (AvgIpc) is 2.76. The van der Waals surface area contributed by atoms with Crippen molar-refractivity contribution in [2.75, 3.05) is 26.0 Å². The topological polar surface area (TPSA) is 75.7 Å². The van der Waals surface area contributed by atoms with Crippen LogP contribution < -0.4 is 10.1 Å². The highest BCUT2D eigenvalue weighted by Crippen LogP contribution is 2.31. The second-order valence-corrected chi connectivity index (χ2v) is 9.25. The predicted octanol–water partition coefficient (Wildman–Crippen LogP) is 4.11. The Morgan fingerprint density at radius 3 is 1.97 bits per heavy atom. The van der Waals surface area contributed by atoms with Crippen LogP contribution in [0, 0.1) is 0 Å². The van der Waals surface area contributed by atoms with Gasteiger partial charge in [0.1, 0.15) is 10.6 Å². The van der Waals surface area contributed by atoms with Gasteiger partial charge in [-0.1, -0.05) is 60.7 Å². The maximum absolute atomic E-state index is 13.3. The molecule has 0 fully saturated rings. The van der Waals surface area contributed by atoms with E-state index in [1.54, 1.807) is 19.1 Å². The molecule has 3 aromatic carbocycles. The van der Waals surface area contributed by atoms with Crippen molar-refractivity contribution < 1.29 is 17.9 Å². The van der Waals surface area contributed by atoms with Crippen LogP contribution in [0.4, 0.5) is 5.69 Å². The minimum atomic E-state index is -3.76. The van der Waals surface area contributed by atoms with E-state index in [1.165, 1.54) is 20.2 Å². The predicted molar refractivity (Wildman–Crippen MR) is 122 cm³/mol. The number of carbonyl (C=O) groups is 1. The van der Waals surface area contributed by atoms with Gasteiger partial charge >= 0.3 is 0 Å². The minimum absolute atomic E-state index is 0.00752. The second kappa shape index (κ2) is 9.76. The Morgan fingerprint density at radius 2 is 1.48 bits per heavy atom. The molecular weight excluding hydrogens is 412 g/mol. The van der Waals surface area contributed by atoms with Crippen molar-refractivity contribution in [1.82, 2.24) is 4.31 Å². The molecule has 162 valence electrons. The van der Waals surface area contributed by atoms with Crippen molar-refractivity contribution in [2.45, 2.75) is 17.7 Å². The Morgan fingerprint density at radius 1 is 0.935 bits per heavy atom. The molecule has 0 bridgehead atoms. The molecule has 0 aromatic heterocycles. The molecule has 3 aromatic rings. The van der Waals surface area contributed by atoms with Gasteiger partial charge in [-0.15, -0.1) is 0 Å². The summed E-state index contributed by atoms with van der Waals surface area (Å²) in [7, 11) is -0.845. The summed E-state index contributed by atoms with van der Waals surface area (Å²) >= 11 is 0. The van der Waals surface area contributed by atoms with E-state index >= 15 is 0 Å². The zero-order valence-electron chi connectivity index (χ0n) is 17.8. The summed E-state index contributed by atoms with van der Waals surface area (Å²) in [6, 6.07) is 23.6. The molecule has 1 N–H and O–H groups in total. The first-order chi connectivity index (χ1) is 14.8. The summed E-state index contributed by atoms with van der Waals surface area (Å²) < 4.78 is 32.2. The molecule has 0 saturated carbocycles. The molecule has 0 radical (unpaired) electrons. The third-order valence-electron chi connectivity index (χ3n) is 4.80. The van der Waals surface area contributed by atoms with Crippen LogP contribution >= 0.6 is 0 Å². The second-order valence-electron chi connectivity index (χ2n) is 7.13. The van der Waals surface area contributed by atoms with Crippen LogP contribution in [0.25, 0.3) is 0 Å². The Hall–Kier alpha value is -3.16. The SMILES string of the molecule is CCOc1ccc(NC(=O)C(c2ccccc2)c2ccccc2)cc1S(=O)(=O)N(C)C. The quantitative estimate of drug-likeness (QED) is 0.574. The van der Waals surface area contributed by atoms with Crippen molar-refractivity contribution in [3.05, 3.63) is 90.0 Å². The summed E-state index contributed by atoms with van der Waals surface area (Å²) in [5.41, 5.74) is 2.07. The number of anilines is 1. The zero-order valence-corrected chi connectivity index (χ0v) is 18.6. The largest absolute Gasteiger partial charge is 0.492 e. The van der Waals surface area contributed by atoms with Gasteiger partial charge in [-0.25, -0.2) is 12.7 Å². The molecular formula is C24H26N2O4S. The normalized spacial score (nSPS) is 11.5. The van der Waals surface area contributed by atoms with Gasteiger partial charge in [-0.3, -0.25) is 4.79 Å². The van der Waals surface area contributed by atoms with Gasteiger partial charge in [0, 0.05) is 19.8 Å². The number of ether oxygens (including phenoxy) is 1. The van der Waals surface area contributed by atoms with E-state index in [4.69, 9.17) is 4.74 Å². The molecule has 6 nitrogen and oxygen atoms in total. The Labute approximate surface area is 183 Å². The molecule has 0 spiro atoms. The highest BCUT2D eigenvalue weighted by molar-refractivity contribution is 7.89. The smallest absolute Gasteiger partial charge is 0.246 e. The molecule has 0 aliphatic heterocycles. The number of hydrogen-bond donors (Lipinski definition) is 1. The lowest BCUT2D eigenvalue weighted by Crippen LogP contribution is -2.24. The van der Waals surface area contributed by atoms with Gasteiger partial charge in [-0.2, -0.15) is 0 Å². The molecule has 1 amide bonds. The number of benzene rings is 3. The van der Waals surface area contributed by atoms with Gasteiger partial charge in [-0.05, 0) is 36.2 Å². The van der Waals surface area contributed by atoms with Crippen LogP contribution in [0.3, 0.4) is 0 Å². The van der Waals surface area contributed by atoms with Gasteiger partial charge in [0.2, 0.25) is 15.9 Å². The summed E-state index contributed by atoms with van der Waals surface area (Å²) in [4.78, 5) is 13.3. The van der Waals surface area contributed by atoms with Crippen LogP contribution in [0.5, 0.6) is 5.75 Å². The van der Waals surface area contributed by atoms with E-state index < -0.39 is 15.9 Å². The number of rotatable bonds is 8. The number of nitrogens with one attached hydrogen (secondary N) is 1. The van der Waals surface area contributed by atoms with Crippen molar-refractivity contribution in [3.63, 3.8) is 0 Å². The molecule has 3 rings (SSSR count). The molecule has 0 atom stereocenters. The average molecular weight is 439 g/mol. The molecule has 31 heavy (non-hydrogen) atoms. The van der Waals surface area contributed by atoms with Crippen LogP contribution in [-0.2, 0) is 14.8 Å². The van der Waals surface area contributed by atoms with Crippen LogP contribution in [0.1, 0.15) is 24.0 Å². The third kappa shape index (κ3) is 5.13. The number of nitrogens with zero attached hydrogens (tertiary/aromatic N) is 1. The van der Waals surface area contributed by atoms with E-state index in [0.717, 1.165) is 15.4 Å². The van der Waals surface area contributed by atoms with Gasteiger partial charge in [0.25, 0.3) is 0 Å². The fourth-order valence-electron chi connectivity index (χ4n) is 3.26. The molecule has 0 heterocycles. The van der Waals surface area contributed by atoms with Crippen LogP contribution in [-0.4, -0.2) is 39.3 Å². The first kappa shape index (κ1) is 22.5. The maximum Gasteiger partial charge on any atom is 0.246 e. The number of sulfonamides is 1. The number of hydrogen-bond acceptors (Lipinski definition) is 4. The highest BCUT2D eigenvalue weighted by Gasteiger charge is 2.26. The lowest BCUT2D eigenvalue weighted by atomic mass is 9.90. The summed E-state index contributed by atoms with van der Waals surface area (Å²) in [6.07, 6.45) is 0. The molecule has 7 heteroatoms. The van der Waals surface area contributed by atoms with Crippen molar-refractivity contribution in [1.29, 1.82) is 0 Å². The molecule has 0 aliphatic carbocycles. The number of carbonyl (C=O) groups excluding carboxylic acids is 1.